The van der Waals surface area contributed by atoms with Gasteiger partial charge in [0.1, 0.15) is 21.5 Å². The Morgan fingerprint density at radius 3 is 2.50 bits per heavy atom. The number of hydrogen-bond acceptors (Lipinski definition) is 3. The average molecular weight is 361 g/mol. The second-order valence-corrected chi connectivity index (χ2v) is 8.24. The third kappa shape index (κ3) is 7.25. The van der Waals surface area contributed by atoms with Crippen LogP contribution in [0.2, 0.25) is 0 Å². The fraction of sp³-hybridized carbons (Fsp3) is 0.562. The first-order chi connectivity index (χ1) is 11.1. The van der Waals surface area contributed by atoms with E-state index in [9.17, 15) is 17.2 Å². The van der Waals surface area contributed by atoms with Gasteiger partial charge in [-0.1, -0.05) is 13.0 Å². The Morgan fingerprint density at radius 1 is 1.29 bits per heavy atom. The number of hydrogen-bond donors (Lipinski definition) is 2. The lowest BCUT2D eigenvalue weighted by Crippen LogP contribution is -2.43. The quantitative estimate of drug-likeness (QED) is 0.576. The van der Waals surface area contributed by atoms with Gasteiger partial charge in [-0.25, -0.2) is 17.2 Å². The summed E-state index contributed by atoms with van der Waals surface area (Å²) >= 11 is 0. The van der Waals surface area contributed by atoms with Gasteiger partial charge in [0.15, 0.2) is 5.96 Å². The zero-order valence-electron chi connectivity index (χ0n) is 14.4. The summed E-state index contributed by atoms with van der Waals surface area (Å²) in [6.07, 6.45) is 1.66. The zero-order valence-corrected chi connectivity index (χ0v) is 15.3. The number of nitrogens with one attached hydrogen (secondary N) is 2. The van der Waals surface area contributed by atoms with Gasteiger partial charge in [0.25, 0.3) is 0 Å². The standard InChI is InChI=1S/C16H25F2N3O2S/c1-11(14-6-5-13(17)9-15(14)18)10-20-16(19-3)21-12(2)7-8-24(4,22)23/h5-6,9,11-12H,7-8,10H2,1-4H3,(H2,19,20,21). The molecule has 0 aliphatic rings. The summed E-state index contributed by atoms with van der Waals surface area (Å²) in [6.45, 7) is 4.09. The summed E-state index contributed by atoms with van der Waals surface area (Å²) in [7, 11) is -1.41. The molecule has 24 heavy (non-hydrogen) atoms. The molecule has 0 bridgehead atoms. The lowest BCUT2D eigenvalue weighted by atomic mass is 10.0. The van der Waals surface area contributed by atoms with Crippen LogP contribution in [0, 0.1) is 11.6 Å². The Balaban J connectivity index is 2.54. The summed E-state index contributed by atoms with van der Waals surface area (Å²) in [5, 5.41) is 6.16. The molecule has 2 N–H and O–H groups in total. The van der Waals surface area contributed by atoms with Gasteiger partial charge < -0.3 is 10.6 Å². The van der Waals surface area contributed by atoms with Crippen molar-refractivity contribution in [3.05, 3.63) is 35.4 Å². The van der Waals surface area contributed by atoms with Gasteiger partial charge in [-0.2, -0.15) is 0 Å². The summed E-state index contributed by atoms with van der Waals surface area (Å²) < 4.78 is 49.1. The van der Waals surface area contributed by atoms with E-state index in [1.54, 1.807) is 7.05 Å². The van der Waals surface area contributed by atoms with E-state index in [1.807, 2.05) is 13.8 Å². The first kappa shape index (κ1) is 20.3. The number of benzene rings is 1. The molecule has 0 saturated carbocycles. The maximum absolute atomic E-state index is 13.8. The molecule has 0 aliphatic carbocycles. The Kier molecular flexibility index (Phi) is 7.59. The second-order valence-electron chi connectivity index (χ2n) is 5.98. The molecule has 0 radical (unpaired) electrons. The van der Waals surface area contributed by atoms with Gasteiger partial charge >= 0.3 is 0 Å². The highest BCUT2D eigenvalue weighted by atomic mass is 32.2. The van der Waals surface area contributed by atoms with E-state index in [2.05, 4.69) is 15.6 Å². The summed E-state index contributed by atoms with van der Waals surface area (Å²) in [5.41, 5.74) is 0.421. The highest BCUT2D eigenvalue weighted by Crippen LogP contribution is 2.19. The molecule has 2 unspecified atom stereocenters. The molecule has 0 aromatic heterocycles. The van der Waals surface area contributed by atoms with Crippen molar-refractivity contribution < 1.29 is 17.2 Å². The van der Waals surface area contributed by atoms with E-state index >= 15 is 0 Å². The van der Waals surface area contributed by atoms with Crippen molar-refractivity contribution in [2.45, 2.75) is 32.2 Å². The fourth-order valence-electron chi connectivity index (χ4n) is 2.15. The molecule has 5 nitrogen and oxygen atoms in total. The number of guanidine groups is 1. The molecule has 0 saturated heterocycles. The molecule has 0 fully saturated rings. The van der Waals surface area contributed by atoms with Gasteiger partial charge in [-0.3, -0.25) is 4.99 Å². The van der Waals surface area contributed by atoms with Gasteiger partial charge in [0.05, 0.1) is 5.75 Å². The molecule has 0 aliphatic heterocycles. The van der Waals surface area contributed by atoms with Crippen molar-refractivity contribution >= 4 is 15.8 Å². The molecule has 8 heteroatoms. The molecule has 0 spiro atoms. The molecular weight excluding hydrogens is 336 g/mol. The van der Waals surface area contributed by atoms with Crippen LogP contribution in [0.1, 0.15) is 31.7 Å². The van der Waals surface area contributed by atoms with Crippen LogP contribution in [0.5, 0.6) is 0 Å². The fourth-order valence-corrected chi connectivity index (χ4v) is 2.93. The topological polar surface area (TPSA) is 70.6 Å². The van der Waals surface area contributed by atoms with E-state index in [0.29, 0.717) is 24.5 Å². The summed E-state index contributed by atoms with van der Waals surface area (Å²) in [5.74, 6) is -0.766. The van der Waals surface area contributed by atoms with Crippen LogP contribution in [-0.4, -0.2) is 46.0 Å². The van der Waals surface area contributed by atoms with E-state index in [-0.39, 0.29) is 17.7 Å². The predicted molar refractivity (Wildman–Crippen MR) is 93.1 cm³/mol. The Bertz CT molecular complexity index is 678. The van der Waals surface area contributed by atoms with Gasteiger partial charge in [-0.05, 0) is 25.0 Å². The van der Waals surface area contributed by atoms with Crippen molar-refractivity contribution in [2.24, 2.45) is 4.99 Å². The average Bonchev–Trinajstić information content (AvgIpc) is 2.48. The lowest BCUT2D eigenvalue weighted by molar-refractivity contribution is 0.553. The van der Waals surface area contributed by atoms with Crippen molar-refractivity contribution in [1.29, 1.82) is 0 Å². The third-order valence-electron chi connectivity index (χ3n) is 3.60. The Morgan fingerprint density at radius 2 is 1.96 bits per heavy atom. The molecular formula is C16H25F2N3O2S. The van der Waals surface area contributed by atoms with Crippen molar-refractivity contribution in [3.8, 4) is 0 Å². The normalized spacial score (nSPS) is 15.0. The van der Waals surface area contributed by atoms with E-state index < -0.39 is 21.5 Å². The molecule has 0 heterocycles. The van der Waals surface area contributed by atoms with Crippen LogP contribution in [0.25, 0.3) is 0 Å². The number of halogens is 2. The van der Waals surface area contributed by atoms with E-state index in [0.717, 1.165) is 6.07 Å². The summed E-state index contributed by atoms with van der Waals surface area (Å²) in [6, 6.07) is 3.45. The number of aliphatic imine (C=N–C) groups is 1. The van der Waals surface area contributed by atoms with E-state index in [4.69, 9.17) is 0 Å². The van der Waals surface area contributed by atoms with Crippen LogP contribution >= 0.6 is 0 Å². The minimum atomic E-state index is -3.00. The first-order valence-corrected chi connectivity index (χ1v) is 9.78. The van der Waals surface area contributed by atoms with Crippen LogP contribution in [0.15, 0.2) is 23.2 Å². The van der Waals surface area contributed by atoms with Gasteiger partial charge in [0, 0.05) is 37.9 Å². The molecule has 1 aromatic rings. The largest absolute Gasteiger partial charge is 0.356 e. The van der Waals surface area contributed by atoms with Gasteiger partial charge in [0.2, 0.25) is 0 Å². The van der Waals surface area contributed by atoms with Crippen LogP contribution in [-0.2, 0) is 9.84 Å². The second kappa shape index (κ2) is 8.96. The zero-order chi connectivity index (χ0) is 18.3. The Labute approximate surface area is 142 Å². The maximum atomic E-state index is 13.8. The lowest BCUT2D eigenvalue weighted by Gasteiger charge is -2.20. The smallest absolute Gasteiger partial charge is 0.191 e. The molecule has 0 amide bonds. The van der Waals surface area contributed by atoms with E-state index in [1.165, 1.54) is 18.4 Å². The first-order valence-electron chi connectivity index (χ1n) is 7.72. The molecule has 1 aromatic carbocycles. The SMILES string of the molecule is CN=C(NCC(C)c1ccc(F)cc1F)NC(C)CCS(C)(=O)=O. The minimum Gasteiger partial charge on any atom is -0.356 e. The predicted octanol–water partition coefficient (Wildman–Crippen LogP) is 2.06. The molecule has 136 valence electrons. The minimum absolute atomic E-state index is 0.0798. The maximum Gasteiger partial charge on any atom is 0.191 e. The van der Waals surface area contributed by atoms with Crippen molar-refractivity contribution in [1.82, 2.24) is 10.6 Å². The van der Waals surface area contributed by atoms with Crippen LogP contribution < -0.4 is 10.6 Å². The number of rotatable bonds is 7. The van der Waals surface area contributed by atoms with Crippen LogP contribution in [0.4, 0.5) is 8.78 Å². The van der Waals surface area contributed by atoms with Crippen molar-refractivity contribution in [2.75, 3.05) is 25.6 Å². The third-order valence-corrected chi connectivity index (χ3v) is 4.57. The molecule has 2 atom stereocenters. The Hall–Kier alpha value is -1.70. The number of nitrogens with zero attached hydrogens (tertiary/aromatic N) is 1. The number of sulfone groups is 1. The van der Waals surface area contributed by atoms with Gasteiger partial charge in [-0.15, -0.1) is 0 Å². The summed E-state index contributed by atoms with van der Waals surface area (Å²) in [4.78, 5) is 4.07. The monoisotopic (exact) mass is 361 g/mol. The molecule has 1 rings (SSSR count). The van der Waals surface area contributed by atoms with Crippen LogP contribution in [0.3, 0.4) is 0 Å². The highest BCUT2D eigenvalue weighted by Gasteiger charge is 2.14. The van der Waals surface area contributed by atoms with Crippen molar-refractivity contribution in [3.63, 3.8) is 0 Å². The highest BCUT2D eigenvalue weighted by molar-refractivity contribution is 7.90.